The van der Waals surface area contributed by atoms with Gasteiger partial charge in [0.2, 0.25) is 0 Å². The Morgan fingerprint density at radius 1 is 0.792 bits per heavy atom. The summed E-state index contributed by atoms with van der Waals surface area (Å²) in [6.07, 6.45) is 0. The van der Waals surface area contributed by atoms with Gasteiger partial charge < -0.3 is 0 Å². The molecule has 0 amide bonds. The predicted octanol–water partition coefficient (Wildman–Crippen LogP) is 2.92. The first kappa shape index (κ1) is 17.2. The molecule has 0 fully saturated rings. The third-order valence-electron chi connectivity index (χ3n) is 4.60. The average molecular weight is 387 g/mol. The Labute approximate surface area is 150 Å². The number of hydrogen-bond donors (Lipinski definition) is 0. The van der Waals surface area contributed by atoms with Gasteiger partial charge in [-0.2, -0.15) is 0 Å². The summed E-state index contributed by atoms with van der Waals surface area (Å²) in [5.41, 5.74) is 3.78. The second-order valence-electron chi connectivity index (χ2n) is 5.86. The maximum atomic E-state index is 4.89. The van der Waals surface area contributed by atoms with Crippen molar-refractivity contribution in [2.75, 3.05) is 36.0 Å². The van der Waals surface area contributed by atoms with E-state index in [0.29, 0.717) is 14.5 Å². The summed E-state index contributed by atoms with van der Waals surface area (Å²) < 4.78 is 2.80. The summed E-state index contributed by atoms with van der Waals surface area (Å²) in [5.74, 6) is 0. The predicted molar refractivity (Wildman–Crippen MR) is 105 cm³/mol. The molecule has 0 aromatic heterocycles. The van der Waals surface area contributed by atoms with Crippen LogP contribution in [0.3, 0.4) is 0 Å². The van der Waals surface area contributed by atoms with E-state index in [2.05, 4.69) is 73.9 Å². The molecule has 1 aliphatic heterocycles. The Balaban J connectivity index is 2.06. The van der Waals surface area contributed by atoms with Gasteiger partial charge in [-0.05, 0) is 0 Å². The van der Waals surface area contributed by atoms with Crippen LogP contribution in [0.15, 0.2) is 41.4 Å². The molecule has 0 saturated heterocycles. The molecule has 0 bridgehead atoms. The van der Waals surface area contributed by atoms with Gasteiger partial charge in [0.15, 0.2) is 0 Å². The zero-order valence-electron chi connectivity index (χ0n) is 15.0. The quantitative estimate of drug-likeness (QED) is 0.606. The number of benzene rings is 2. The van der Waals surface area contributed by atoms with E-state index in [1.807, 2.05) is 0 Å². The topological polar surface area (TPSA) is 18.8 Å². The van der Waals surface area contributed by atoms with Crippen molar-refractivity contribution in [3.05, 3.63) is 45.8 Å². The van der Waals surface area contributed by atoms with Crippen molar-refractivity contribution < 1.29 is 0 Å². The number of rotatable bonds is 6. The summed E-state index contributed by atoms with van der Waals surface area (Å²) in [7, 11) is 0. The van der Waals surface area contributed by atoms with Crippen LogP contribution in [-0.2, 0) is 0 Å². The van der Waals surface area contributed by atoms with Gasteiger partial charge in [-0.3, -0.25) is 0 Å². The van der Waals surface area contributed by atoms with E-state index in [0.717, 1.165) is 37.2 Å². The minimum atomic E-state index is 0.318. The number of nitrogens with zero attached hydrogens (tertiary/aromatic N) is 3. The summed E-state index contributed by atoms with van der Waals surface area (Å²) in [5, 5.41) is 1.15. The van der Waals surface area contributed by atoms with Crippen molar-refractivity contribution in [2.24, 2.45) is 4.99 Å². The van der Waals surface area contributed by atoms with Crippen LogP contribution >= 0.6 is 0 Å². The molecule has 0 atom stereocenters. The monoisotopic (exact) mass is 388 g/mol. The summed E-state index contributed by atoms with van der Waals surface area (Å²) in [6, 6.07) is 13.5. The van der Waals surface area contributed by atoms with E-state index in [1.165, 1.54) is 19.9 Å². The number of hydrogen-bond acceptors (Lipinski definition) is 3. The maximum absolute atomic E-state index is 4.89. The van der Waals surface area contributed by atoms with E-state index < -0.39 is 0 Å². The summed E-state index contributed by atoms with van der Waals surface area (Å²) in [4.78, 5) is 9.69. The molecular weight excluding hydrogens is 361 g/mol. The first-order chi connectivity index (χ1) is 11.7. The van der Waals surface area contributed by atoms with E-state index >= 15 is 0 Å². The fourth-order valence-electron chi connectivity index (χ4n) is 3.17. The van der Waals surface area contributed by atoms with Crippen molar-refractivity contribution in [2.45, 2.75) is 27.7 Å². The Bertz CT molecular complexity index is 836. The third kappa shape index (κ3) is 3.26. The van der Waals surface area contributed by atoms with E-state index in [1.54, 1.807) is 0 Å². The average Bonchev–Trinajstić information content (AvgIpc) is 2.62. The minimum absolute atomic E-state index is 0.318. The van der Waals surface area contributed by atoms with Gasteiger partial charge in [0.1, 0.15) is 0 Å². The zero-order chi connectivity index (χ0) is 17.1. The number of anilines is 2. The van der Waals surface area contributed by atoms with E-state index in [4.69, 9.17) is 4.99 Å². The van der Waals surface area contributed by atoms with E-state index in [9.17, 15) is 0 Å². The molecule has 4 heteroatoms. The second-order valence-corrected chi connectivity index (χ2v) is 8.14. The molecule has 2 aromatic carbocycles. The first-order valence-corrected chi connectivity index (χ1v) is 10.6. The van der Waals surface area contributed by atoms with Crippen molar-refractivity contribution in [3.63, 3.8) is 0 Å². The van der Waals surface area contributed by atoms with Crippen LogP contribution < -0.4 is 19.6 Å². The first-order valence-electron chi connectivity index (χ1n) is 8.87. The summed E-state index contributed by atoms with van der Waals surface area (Å²) in [6.45, 7) is 13.0. The fraction of sp³-hybridized carbons (Fsp3) is 0.400. The molecule has 3 rings (SSSR count). The Morgan fingerprint density at radius 3 is 2.00 bits per heavy atom. The Kier molecular flexibility index (Phi) is 5.37. The molecule has 0 N–H and O–H groups in total. The molecular formula is C20H26N3Se. The van der Waals surface area contributed by atoms with E-state index in [-0.39, 0.29) is 0 Å². The van der Waals surface area contributed by atoms with Crippen LogP contribution in [0, 0.1) is 4.06 Å². The molecule has 24 heavy (non-hydrogen) atoms. The number of fused-ring (bicyclic) bond motifs is 2. The van der Waals surface area contributed by atoms with Gasteiger partial charge >= 0.3 is 151 Å². The standard InChI is InChI=1S/C20H26N3Se/c1-5-22(6-2)15-9-11-17-19(13-15)24-20-14-16(23(7-3)8-4)10-12-18(20)21-17/h9-14H,5-8H2,1-4H3. The van der Waals surface area contributed by atoms with Crippen LogP contribution in [0.2, 0.25) is 0 Å². The van der Waals surface area contributed by atoms with Gasteiger partial charge in [0, 0.05) is 0 Å². The SMILES string of the molecule is CCN(CC)c1ccc2c(c1)[Se]=c1cc(N(CC)CC)ccc1=N2. The molecule has 0 saturated carbocycles. The molecule has 0 spiro atoms. The van der Waals surface area contributed by atoms with Crippen LogP contribution in [0.5, 0.6) is 0 Å². The molecule has 1 aliphatic rings. The van der Waals surface area contributed by atoms with Gasteiger partial charge in [-0.15, -0.1) is 0 Å². The van der Waals surface area contributed by atoms with Crippen LogP contribution in [0.25, 0.3) is 0 Å². The third-order valence-corrected chi connectivity index (χ3v) is 6.90. The van der Waals surface area contributed by atoms with Crippen molar-refractivity contribution in [1.82, 2.24) is 0 Å². The Hall–Kier alpha value is -1.64. The molecule has 2 aromatic rings. The van der Waals surface area contributed by atoms with Crippen LogP contribution in [0.1, 0.15) is 27.7 Å². The molecule has 127 valence electrons. The molecule has 0 unspecified atom stereocenters. The second kappa shape index (κ2) is 7.50. The van der Waals surface area contributed by atoms with Crippen LogP contribution in [-0.4, -0.2) is 40.7 Å². The van der Waals surface area contributed by atoms with Crippen LogP contribution in [0.4, 0.5) is 17.1 Å². The van der Waals surface area contributed by atoms with Gasteiger partial charge in [-0.25, -0.2) is 0 Å². The molecule has 3 nitrogen and oxygen atoms in total. The molecule has 1 heterocycles. The van der Waals surface area contributed by atoms with Gasteiger partial charge in [0.25, 0.3) is 0 Å². The van der Waals surface area contributed by atoms with Gasteiger partial charge in [-0.1, -0.05) is 0 Å². The molecule has 1 radical (unpaired) electrons. The normalized spacial score (nSPS) is 11.8. The van der Waals surface area contributed by atoms with Crippen molar-refractivity contribution in [1.29, 1.82) is 0 Å². The summed E-state index contributed by atoms with van der Waals surface area (Å²) >= 11 is 0.318. The van der Waals surface area contributed by atoms with Gasteiger partial charge in [0.05, 0.1) is 0 Å². The Morgan fingerprint density at radius 2 is 1.38 bits per heavy atom. The van der Waals surface area contributed by atoms with Crippen molar-refractivity contribution >= 4 is 36.0 Å². The zero-order valence-corrected chi connectivity index (χ0v) is 16.8. The fourth-order valence-corrected chi connectivity index (χ4v) is 5.34. The van der Waals surface area contributed by atoms with Crippen molar-refractivity contribution in [3.8, 4) is 0 Å². The molecule has 0 aliphatic carbocycles.